The van der Waals surface area contributed by atoms with E-state index in [-0.39, 0.29) is 17.8 Å². The van der Waals surface area contributed by atoms with Crippen LogP contribution >= 0.6 is 0 Å². The summed E-state index contributed by atoms with van der Waals surface area (Å²) in [7, 11) is 0. The number of ether oxygens (including phenoxy) is 1. The fourth-order valence-electron chi connectivity index (χ4n) is 1.21. The first-order valence-corrected chi connectivity index (χ1v) is 7.35. The Labute approximate surface area is 127 Å². The van der Waals surface area contributed by atoms with Crippen LogP contribution in [-0.2, 0) is 20.9 Å². The van der Waals surface area contributed by atoms with Gasteiger partial charge < -0.3 is 9.84 Å². The molecule has 0 aliphatic rings. The molecule has 2 atom stereocenters. The quantitative estimate of drug-likeness (QED) is 0.808. The normalized spacial score (nSPS) is 12.6. The third-order valence-corrected chi connectivity index (χ3v) is 3.27. The molecule has 1 N–H and O–H groups in total. The minimum atomic E-state index is -0.706. The van der Waals surface area contributed by atoms with E-state index >= 15 is 0 Å². The highest BCUT2D eigenvalue weighted by Crippen LogP contribution is 2.06. The van der Waals surface area contributed by atoms with Crippen molar-refractivity contribution in [3.63, 3.8) is 0 Å². The molecule has 0 heterocycles. The largest absolute Gasteiger partial charge is 0.481 e. The Bertz CT molecular complexity index is 414. The van der Waals surface area contributed by atoms with Gasteiger partial charge in [-0.3, -0.25) is 9.59 Å². The van der Waals surface area contributed by atoms with Gasteiger partial charge in [-0.25, -0.2) is 0 Å². The van der Waals surface area contributed by atoms with Crippen LogP contribution in [0.5, 0.6) is 0 Å². The number of carboxylic acids is 1. The number of hydrogen-bond donors (Lipinski definition) is 1. The summed E-state index contributed by atoms with van der Waals surface area (Å²) in [6, 6.07) is 9.71. The van der Waals surface area contributed by atoms with Crippen molar-refractivity contribution < 1.29 is 19.4 Å². The third kappa shape index (κ3) is 8.84. The fourth-order valence-corrected chi connectivity index (χ4v) is 1.21. The lowest BCUT2D eigenvalue weighted by atomic mass is 10.1. The van der Waals surface area contributed by atoms with Gasteiger partial charge in [-0.1, -0.05) is 58.0 Å². The molecule has 1 aromatic carbocycles. The van der Waals surface area contributed by atoms with Crippen LogP contribution in [0.3, 0.4) is 0 Å². The van der Waals surface area contributed by atoms with Gasteiger partial charge in [-0.15, -0.1) is 0 Å². The predicted octanol–water partition coefficient (Wildman–Crippen LogP) is 3.89. The first kappa shape index (κ1) is 19.2. The highest BCUT2D eigenvalue weighted by Gasteiger charge is 2.11. The summed E-state index contributed by atoms with van der Waals surface area (Å²) in [5.74, 6) is -1.00. The van der Waals surface area contributed by atoms with E-state index in [9.17, 15) is 9.59 Å². The molecule has 0 radical (unpaired) electrons. The van der Waals surface area contributed by atoms with Crippen molar-refractivity contribution in [1.82, 2.24) is 0 Å². The highest BCUT2D eigenvalue weighted by atomic mass is 16.5. The average Bonchev–Trinajstić information content (AvgIpc) is 2.52. The number of carbonyl (C=O) groups is 2. The molecule has 0 aliphatic heterocycles. The van der Waals surface area contributed by atoms with Crippen LogP contribution in [0.1, 0.15) is 46.1 Å². The minimum absolute atomic E-state index is 0.00119. The van der Waals surface area contributed by atoms with Crippen molar-refractivity contribution in [2.75, 3.05) is 0 Å². The van der Waals surface area contributed by atoms with Crippen LogP contribution in [0.2, 0.25) is 0 Å². The average molecular weight is 294 g/mol. The molecular weight excluding hydrogens is 268 g/mol. The van der Waals surface area contributed by atoms with E-state index in [1.165, 1.54) is 0 Å². The predicted molar refractivity (Wildman–Crippen MR) is 82.8 cm³/mol. The van der Waals surface area contributed by atoms with Crippen LogP contribution < -0.4 is 0 Å². The summed E-state index contributed by atoms with van der Waals surface area (Å²) in [6.45, 7) is 7.80. The Morgan fingerprint density at radius 3 is 1.95 bits per heavy atom. The summed E-state index contributed by atoms with van der Waals surface area (Å²) in [6.07, 6.45) is 1.54. The van der Waals surface area contributed by atoms with Crippen LogP contribution in [0.25, 0.3) is 0 Å². The van der Waals surface area contributed by atoms with Gasteiger partial charge in [-0.05, 0) is 18.4 Å². The van der Waals surface area contributed by atoms with Crippen molar-refractivity contribution in [1.29, 1.82) is 0 Å². The molecule has 0 spiro atoms. The van der Waals surface area contributed by atoms with Crippen LogP contribution in [-0.4, -0.2) is 17.0 Å². The lowest BCUT2D eigenvalue weighted by Crippen LogP contribution is -2.13. The Balaban J connectivity index is 0.000000486. The van der Waals surface area contributed by atoms with Crippen molar-refractivity contribution in [3.8, 4) is 0 Å². The lowest BCUT2D eigenvalue weighted by molar-refractivity contribution is -0.149. The van der Waals surface area contributed by atoms with E-state index in [1.807, 2.05) is 51.1 Å². The Kier molecular flexibility index (Phi) is 9.94. The molecule has 118 valence electrons. The molecule has 0 aliphatic carbocycles. The van der Waals surface area contributed by atoms with E-state index in [4.69, 9.17) is 9.84 Å². The second-order valence-electron chi connectivity index (χ2n) is 5.05. The molecule has 0 aromatic heterocycles. The maximum Gasteiger partial charge on any atom is 0.308 e. The fraction of sp³-hybridized carbons (Fsp3) is 0.529. The number of esters is 1. The zero-order valence-corrected chi connectivity index (χ0v) is 13.3. The van der Waals surface area contributed by atoms with Crippen LogP contribution in [0.4, 0.5) is 0 Å². The zero-order chi connectivity index (χ0) is 16.3. The summed E-state index contributed by atoms with van der Waals surface area (Å²) in [5, 5.41) is 8.18. The summed E-state index contributed by atoms with van der Waals surface area (Å²) < 4.78 is 5.14. The second kappa shape index (κ2) is 10.9. The van der Waals surface area contributed by atoms with E-state index in [2.05, 4.69) is 0 Å². The third-order valence-electron chi connectivity index (χ3n) is 3.27. The van der Waals surface area contributed by atoms with Crippen molar-refractivity contribution >= 4 is 11.9 Å². The number of rotatable bonds is 6. The number of aliphatic carboxylic acids is 1. The molecule has 0 bridgehead atoms. The number of benzene rings is 1. The molecule has 2 unspecified atom stereocenters. The maximum absolute atomic E-state index is 11.3. The number of carbonyl (C=O) groups excluding carboxylic acids is 1. The van der Waals surface area contributed by atoms with Gasteiger partial charge in [0.15, 0.2) is 0 Å². The Morgan fingerprint density at radius 1 is 1.05 bits per heavy atom. The van der Waals surface area contributed by atoms with E-state index < -0.39 is 5.97 Å². The topological polar surface area (TPSA) is 63.6 Å². The minimum Gasteiger partial charge on any atom is -0.481 e. The van der Waals surface area contributed by atoms with Gasteiger partial charge in [0, 0.05) is 0 Å². The van der Waals surface area contributed by atoms with Crippen molar-refractivity contribution in [2.45, 2.75) is 47.1 Å². The van der Waals surface area contributed by atoms with Gasteiger partial charge in [0.1, 0.15) is 6.61 Å². The SMILES string of the molecule is CCC(C)C(=O)O.CCC(C)C(=O)OCc1ccccc1. The van der Waals surface area contributed by atoms with Gasteiger partial charge in [0.2, 0.25) is 0 Å². The zero-order valence-electron chi connectivity index (χ0n) is 13.3. The Hall–Kier alpha value is -1.84. The number of hydrogen-bond acceptors (Lipinski definition) is 3. The summed E-state index contributed by atoms with van der Waals surface area (Å²) in [5.41, 5.74) is 1.03. The molecule has 0 fully saturated rings. The molecule has 4 nitrogen and oxygen atoms in total. The highest BCUT2D eigenvalue weighted by molar-refractivity contribution is 5.71. The van der Waals surface area contributed by atoms with Gasteiger partial charge >= 0.3 is 11.9 Å². The molecule has 1 rings (SSSR count). The van der Waals surface area contributed by atoms with Crippen LogP contribution in [0, 0.1) is 11.8 Å². The molecule has 1 aromatic rings. The first-order valence-electron chi connectivity index (χ1n) is 7.35. The van der Waals surface area contributed by atoms with Gasteiger partial charge in [0.05, 0.1) is 11.8 Å². The van der Waals surface area contributed by atoms with Gasteiger partial charge in [0.25, 0.3) is 0 Å². The van der Waals surface area contributed by atoms with E-state index in [1.54, 1.807) is 6.92 Å². The van der Waals surface area contributed by atoms with Crippen molar-refractivity contribution in [2.24, 2.45) is 11.8 Å². The van der Waals surface area contributed by atoms with Crippen molar-refractivity contribution in [3.05, 3.63) is 35.9 Å². The van der Waals surface area contributed by atoms with Crippen LogP contribution in [0.15, 0.2) is 30.3 Å². The maximum atomic E-state index is 11.3. The molecule has 0 saturated heterocycles. The second-order valence-corrected chi connectivity index (χ2v) is 5.05. The Morgan fingerprint density at radius 2 is 1.57 bits per heavy atom. The van der Waals surface area contributed by atoms with E-state index in [0.717, 1.165) is 18.4 Å². The molecule has 0 saturated carbocycles. The van der Waals surface area contributed by atoms with E-state index in [0.29, 0.717) is 6.61 Å². The molecule has 21 heavy (non-hydrogen) atoms. The molecule has 4 heteroatoms. The monoisotopic (exact) mass is 294 g/mol. The summed E-state index contributed by atoms with van der Waals surface area (Å²) >= 11 is 0. The standard InChI is InChI=1S/C12H16O2.C5H10O2/c1-3-10(2)12(13)14-9-11-7-5-4-6-8-11;1-3-4(2)5(6)7/h4-8,10H,3,9H2,1-2H3;4H,3H2,1-2H3,(H,6,7). The van der Waals surface area contributed by atoms with Gasteiger partial charge in [-0.2, -0.15) is 0 Å². The molecular formula is C17H26O4. The smallest absolute Gasteiger partial charge is 0.308 e. The first-order chi connectivity index (χ1) is 9.92. The number of carboxylic acid groups (broad SMARTS) is 1. The summed E-state index contributed by atoms with van der Waals surface area (Å²) in [4.78, 5) is 21.3. The lowest BCUT2D eigenvalue weighted by Gasteiger charge is -2.08. The molecule has 0 amide bonds.